The third kappa shape index (κ3) is 5.34. The quantitative estimate of drug-likeness (QED) is 0.158. The highest BCUT2D eigenvalue weighted by atomic mass is 16.2. The fraction of sp³-hybridized carbons (Fsp3) is 0.300. The summed E-state index contributed by atoms with van der Waals surface area (Å²) in [5.41, 5.74) is 29.8. The van der Waals surface area contributed by atoms with Crippen LogP contribution in [0, 0.1) is 17.8 Å². The van der Waals surface area contributed by atoms with Crippen LogP contribution in [0.25, 0.3) is 39.1 Å². The van der Waals surface area contributed by atoms with E-state index in [1.807, 2.05) is 0 Å². The molecule has 4 atom stereocenters. The Balaban J connectivity index is 0.924. The van der Waals surface area contributed by atoms with Crippen molar-refractivity contribution in [2.45, 2.75) is 115 Å². The van der Waals surface area contributed by atoms with Gasteiger partial charge in [-0.1, -0.05) is 179 Å². The number of urea groups is 1. The first-order valence-electron chi connectivity index (χ1n) is 28.7. The van der Waals surface area contributed by atoms with Crippen molar-refractivity contribution in [3.05, 3.63) is 184 Å². The van der Waals surface area contributed by atoms with Crippen molar-refractivity contribution in [2.75, 3.05) is 9.80 Å². The molecule has 4 unspecified atom stereocenters. The Hall–Kier alpha value is -6.84. The van der Waals surface area contributed by atoms with Gasteiger partial charge in [0, 0.05) is 27.6 Å². The second kappa shape index (κ2) is 14.1. The van der Waals surface area contributed by atoms with Gasteiger partial charge in [-0.15, -0.1) is 0 Å². The standard InChI is InChI=1S/C70H60B2N2O/c1-37-22-38-25-42-14-17-46(31-51(42)43(23-37)26-38)71-59-20-15-41-16-21-60-67-65(41)66(59)73(63-33-53-49-10-6-8-12-55(49)69(2,3)57(53)35-61(63)71)68(75)74(67)64-34-54-50-11-7-9-13-56(50)70(4,5)58(54)36-62(64)72(60)47-18-19-48-44-27-39-24-40(28-44)30-45(29-39)52(48)32-47/h6-21,25,31-37,39-40,43-45H,22-24,26-30H2,1-5H3. The van der Waals surface area contributed by atoms with Gasteiger partial charge in [0.2, 0.25) is 13.4 Å². The Kier molecular flexibility index (Phi) is 8.00. The van der Waals surface area contributed by atoms with Crippen LogP contribution in [-0.2, 0) is 10.8 Å². The zero-order valence-electron chi connectivity index (χ0n) is 43.9. The Morgan fingerprint density at radius 3 is 1.63 bits per heavy atom. The zero-order valence-corrected chi connectivity index (χ0v) is 43.9. The molecule has 362 valence electrons. The van der Waals surface area contributed by atoms with Crippen molar-refractivity contribution in [3.63, 3.8) is 0 Å². The lowest BCUT2D eigenvalue weighted by atomic mass is 9.33. The fourth-order valence-electron chi connectivity index (χ4n) is 18.7. The van der Waals surface area contributed by atoms with E-state index in [1.54, 1.807) is 16.7 Å². The summed E-state index contributed by atoms with van der Waals surface area (Å²) < 4.78 is 0. The number of hydrogen-bond acceptors (Lipinski definition) is 1. The lowest BCUT2D eigenvalue weighted by Crippen LogP contribution is -2.64. The van der Waals surface area contributed by atoms with Crippen LogP contribution < -0.4 is 42.6 Å². The molecule has 8 aliphatic carbocycles. The molecule has 3 heterocycles. The Bertz CT molecular complexity index is 4030. The number of rotatable bonds is 2. The minimum absolute atomic E-state index is 0.0216. The van der Waals surface area contributed by atoms with Gasteiger partial charge in [-0.25, -0.2) is 4.79 Å². The van der Waals surface area contributed by atoms with Gasteiger partial charge in [-0.2, -0.15) is 0 Å². The first-order chi connectivity index (χ1) is 36.5. The van der Waals surface area contributed by atoms with Crippen LogP contribution in [0.15, 0.2) is 139 Å². The Morgan fingerprint density at radius 2 is 1.03 bits per heavy atom. The van der Waals surface area contributed by atoms with E-state index in [2.05, 4.69) is 184 Å². The third-order valence-corrected chi connectivity index (χ3v) is 21.7. The molecule has 0 saturated heterocycles. The molecule has 75 heavy (non-hydrogen) atoms. The fourth-order valence-corrected chi connectivity index (χ4v) is 18.7. The van der Waals surface area contributed by atoms with Crippen LogP contribution >= 0.6 is 0 Å². The van der Waals surface area contributed by atoms with Crippen LogP contribution in [0.5, 0.6) is 0 Å². The lowest BCUT2D eigenvalue weighted by molar-refractivity contribution is 0.166. The van der Waals surface area contributed by atoms with Gasteiger partial charge < -0.3 is 0 Å². The van der Waals surface area contributed by atoms with E-state index in [0.717, 1.165) is 34.6 Å². The van der Waals surface area contributed by atoms with Crippen LogP contribution in [-0.4, -0.2) is 19.5 Å². The van der Waals surface area contributed by atoms with Gasteiger partial charge in [0.25, 0.3) is 0 Å². The molecule has 2 amide bonds. The molecule has 3 aliphatic heterocycles. The third-order valence-electron chi connectivity index (χ3n) is 21.7. The number of allylic oxidation sites excluding steroid dienone is 1. The predicted molar refractivity (Wildman–Crippen MR) is 313 cm³/mol. The minimum atomic E-state index is -0.196. The highest BCUT2D eigenvalue weighted by Crippen LogP contribution is 2.58. The number of benzene rings is 8. The number of hydrogen-bond donors (Lipinski definition) is 0. The van der Waals surface area contributed by atoms with E-state index in [1.165, 1.54) is 151 Å². The smallest absolute Gasteiger partial charge is 0.263 e. The van der Waals surface area contributed by atoms with Gasteiger partial charge in [0.15, 0.2) is 0 Å². The van der Waals surface area contributed by atoms with Crippen LogP contribution in [0.3, 0.4) is 0 Å². The summed E-state index contributed by atoms with van der Waals surface area (Å²) in [7, 11) is 0. The van der Waals surface area contributed by atoms with Crippen molar-refractivity contribution in [2.24, 2.45) is 17.8 Å². The van der Waals surface area contributed by atoms with Crippen molar-refractivity contribution < 1.29 is 4.79 Å². The molecule has 11 aliphatic rings. The molecule has 8 aromatic rings. The summed E-state index contributed by atoms with van der Waals surface area (Å²) in [4.78, 5) is 21.3. The zero-order chi connectivity index (χ0) is 49.7. The van der Waals surface area contributed by atoms with Crippen molar-refractivity contribution in [3.8, 4) is 22.3 Å². The van der Waals surface area contributed by atoms with Crippen LogP contribution in [0.4, 0.5) is 27.5 Å². The van der Waals surface area contributed by atoms with Gasteiger partial charge in [0.05, 0.1) is 11.4 Å². The molecule has 3 saturated carbocycles. The molecular formula is C70H60B2N2O. The summed E-state index contributed by atoms with van der Waals surface area (Å²) in [6.45, 7) is 11.9. The van der Waals surface area contributed by atoms with Crippen LogP contribution in [0.2, 0.25) is 0 Å². The molecule has 19 rings (SSSR count). The molecule has 0 spiro atoms. The van der Waals surface area contributed by atoms with Crippen molar-refractivity contribution >= 4 is 91.8 Å². The first-order valence-corrected chi connectivity index (χ1v) is 28.7. The van der Waals surface area contributed by atoms with Crippen LogP contribution in [0.1, 0.15) is 148 Å². The summed E-state index contributed by atoms with van der Waals surface area (Å²) in [5, 5.41) is 2.39. The second-order valence-electron chi connectivity index (χ2n) is 26.5. The molecule has 0 N–H and O–H groups in total. The number of anilines is 4. The molecule has 0 aromatic heterocycles. The maximum atomic E-state index is 16.9. The largest absolute Gasteiger partial charge is 0.338 e. The number of carbonyl (C=O) groups excluding carboxylic acids is 1. The number of nitrogens with zero attached hydrogens (tertiary/aromatic N) is 2. The Labute approximate surface area is 442 Å². The maximum absolute atomic E-state index is 16.9. The average molecular weight is 967 g/mol. The monoisotopic (exact) mass is 966 g/mol. The summed E-state index contributed by atoms with van der Waals surface area (Å²) in [6, 6.07) is 52.9. The summed E-state index contributed by atoms with van der Waals surface area (Å²) in [6.07, 6.45) is 13.0. The number of fused-ring (bicyclic) bond motifs is 14. The predicted octanol–water partition coefficient (Wildman–Crippen LogP) is 13.2. The van der Waals surface area contributed by atoms with Gasteiger partial charge in [-0.05, 0) is 193 Å². The highest BCUT2D eigenvalue weighted by molar-refractivity contribution is 7.00. The molecule has 3 nitrogen and oxygen atoms in total. The Morgan fingerprint density at radius 1 is 0.480 bits per heavy atom. The van der Waals surface area contributed by atoms with Crippen molar-refractivity contribution in [1.29, 1.82) is 0 Å². The second-order valence-corrected chi connectivity index (χ2v) is 26.5. The van der Waals surface area contributed by atoms with Gasteiger partial charge in [-0.3, -0.25) is 9.80 Å². The first kappa shape index (κ1) is 42.4. The molecule has 8 aromatic carbocycles. The van der Waals surface area contributed by atoms with E-state index in [0.29, 0.717) is 23.7 Å². The maximum Gasteiger partial charge on any atom is 0.338 e. The minimum Gasteiger partial charge on any atom is -0.263 e. The molecule has 0 radical (unpaired) electrons. The molecule has 6 bridgehead atoms. The number of amides is 2. The van der Waals surface area contributed by atoms with Crippen molar-refractivity contribution in [1.82, 2.24) is 0 Å². The number of carbonyl (C=O) groups is 1. The van der Waals surface area contributed by atoms with E-state index in [4.69, 9.17) is 0 Å². The lowest BCUT2D eigenvalue weighted by Gasteiger charge is -2.47. The van der Waals surface area contributed by atoms with E-state index in [-0.39, 0.29) is 30.3 Å². The van der Waals surface area contributed by atoms with E-state index in [9.17, 15) is 0 Å². The van der Waals surface area contributed by atoms with Gasteiger partial charge >= 0.3 is 6.03 Å². The van der Waals surface area contributed by atoms with Gasteiger partial charge in [0.1, 0.15) is 0 Å². The van der Waals surface area contributed by atoms with E-state index >= 15 is 4.79 Å². The topological polar surface area (TPSA) is 23.6 Å². The average Bonchev–Trinajstić information content (AvgIpc) is 3.69. The highest BCUT2D eigenvalue weighted by Gasteiger charge is 2.52. The summed E-state index contributed by atoms with van der Waals surface area (Å²) >= 11 is 0. The van der Waals surface area contributed by atoms with E-state index < -0.39 is 0 Å². The molecular weight excluding hydrogens is 906 g/mol. The summed E-state index contributed by atoms with van der Waals surface area (Å²) in [5.74, 6) is 4.29. The SMILES string of the molecule is CC1CC2=Cc3ccc(B4c5cc6c(cc5N5C(=O)N7c8cc9c(cc8B(c8ccc%10c(c8)C8CC%11CC(CC%10C%11)C8)c8ccc%10ccc4c5c%10c87)C(C)(C)c4ccccc4-9)-c4ccccc4C6(C)C)cc3C(C2)C1. The normalized spacial score (nSPS) is 25.2. The molecule has 3 fully saturated rings. The molecule has 5 heteroatoms.